The molecule has 1 saturated heterocycles. The maximum atomic E-state index is 12.6. The number of aromatic nitrogens is 1. The molecule has 14 heteroatoms. The molecule has 0 radical (unpaired) electrons. The van der Waals surface area contributed by atoms with Gasteiger partial charge in [-0.25, -0.2) is 4.79 Å². The maximum Gasteiger partial charge on any atom is 0.498 e. The van der Waals surface area contributed by atoms with Gasteiger partial charge < -0.3 is 9.80 Å². The minimum Gasteiger partial charge on any atom is -0.363 e. The lowest BCUT2D eigenvalue weighted by Crippen LogP contribution is -2.52. The van der Waals surface area contributed by atoms with Gasteiger partial charge in [0.2, 0.25) is 12.4 Å². The Hall–Kier alpha value is -3.16. The molecule has 172 valence electrons. The highest BCUT2D eigenvalue weighted by molar-refractivity contribution is 7.16. The lowest BCUT2D eigenvalue weighted by atomic mass is 10.2. The maximum absolute atomic E-state index is 12.6. The summed E-state index contributed by atoms with van der Waals surface area (Å²) in [7, 11) is 0. The summed E-state index contributed by atoms with van der Waals surface area (Å²) in [4.78, 5) is 41.6. The second kappa shape index (κ2) is 8.76. The van der Waals surface area contributed by atoms with Crippen molar-refractivity contribution < 1.29 is 50.3 Å². The molecule has 0 N–H and O–H groups in total. The van der Waals surface area contributed by atoms with E-state index in [4.69, 9.17) is 0 Å². The molecule has 32 heavy (non-hydrogen) atoms. The fourth-order valence-corrected chi connectivity index (χ4v) is 3.81. The van der Waals surface area contributed by atoms with Crippen LogP contribution in [0.15, 0.2) is 36.7 Å². The molecule has 0 aromatic carbocycles. The van der Waals surface area contributed by atoms with Gasteiger partial charge in [0.05, 0.1) is 9.75 Å². The molecule has 1 aliphatic heterocycles. The van der Waals surface area contributed by atoms with Gasteiger partial charge in [0.15, 0.2) is 0 Å². The van der Waals surface area contributed by atoms with Crippen LogP contribution in [0.2, 0.25) is 0 Å². The lowest BCUT2D eigenvalue weighted by molar-refractivity contribution is -0.870. The Balaban J connectivity index is 1.61. The zero-order valence-corrected chi connectivity index (χ0v) is 16.8. The average Bonchev–Trinajstić information content (AvgIpc) is 3.21. The number of rotatable bonds is 4. The zero-order chi connectivity index (χ0) is 23.7. The van der Waals surface area contributed by atoms with E-state index in [1.165, 1.54) is 17.2 Å². The molecule has 0 aliphatic carbocycles. The molecule has 0 spiro atoms. The third kappa shape index (κ3) is 5.36. The van der Waals surface area contributed by atoms with E-state index in [-0.39, 0.29) is 31.1 Å². The van der Waals surface area contributed by atoms with Crippen LogP contribution in [-0.2, 0) is 4.79 Å². The van der Waals surface area contributed by atoms with Crippen molar-refractivity contribution in [3.63, 3.8) is 0 Å². The van der Waals surface area contributed by atoms with Crippen molar-refractivity contribution >= 4 is 34.7 Å². The number of ketones is 1. The number of alkyl halides is 6. The van der Waals surface area contributed by atoms with Crippen LogP contribution in [0.25, 0.3) is 0 Å². The second-order valence-electron chi connectivity index (χ2n) is 6.57. The topological polar surface area (TPSA) is 70.8 Å². The Morgan fingerprint density at radius 2 is 1.53 bits per heavy atom. The molecule has 2 aromatic rings. The van der Waals surface area contributed by atoms with Crippen LogP contribution in [0.3, 0.4) is 0 Å². The molecule has 0 saturated carbocycles. The van der Waals surface area contributed by atoms with E-state index in [0.29, 0.717) is 21.8 Å². The minimum absolute atomic E-state index is 0.0114. The third-order valence-corrected chi connectivity index (χ3v) is 5.48. The fraction of sp³-hybridized carbons (Fsp3) is 0.333. The molecule has 7 nitrogen and oxygen atoms in total. The van der Waals surface area contributed by atoms with Crippen molar-refractivity contribution in [1.82, 2.24) is 4.90 Å². The van der Waals surface area contributed by atoms with Crippen molar-refractivity contribution in [3.8, 4) is 0 Å². The number of hydrogen-bond donors (Lipinski definition) is 0. The molecular formula is C18H14F6N3O4S+. The molecule has 1 amide bonds. The summed E-state index contributed by atoms with van der Waals surface area (Å²) in [5, 5.41) is 0. The average molecular weight is 482 g/mol. The van der Waals surface area contributed by atoms with Gasteiger partial charge in [-0.2, -0.15) is 31.2 Å². The number of pyridine rings is 1. The molecule has 2 aromatic heterocycles. The Kier molecular flexibility index (Phi) is 6.44. The van der Waals surface area contributed by atoms with Crippen LogP contribution < -0.4 is 14.5 Å². The van der Waals surface area contributed by atoms with Crippen molar-refractivity contribution in [1.29, 1.82) is 0 Å². The van der Waals surface area contributed by atoms with Crippen LogP contribution >= 0.6 is 11.3 Å². The number of carbonyl (C=O) groups is 3. The van der Waals surface area contributed by atoms with Gasteiger partial charge in [-0.05, 0) is 18.2 Å². The first-order valence-electron chi connectivity index (χ1n) is 8.92. The number of hydrogen-bond acceptors (Lipinski definition) is 6. The van der Waals surface area contributed by atoms with Crippen LogP contribution in [0.5, 0.6) is 0 Å². The summed E-state index contributed by atoms with van der Waals surface area (Å²) in [5.41, 5.74) is 0.434. The predicted molar refractivity (Wildman–Crippen MR) is 97.1 cm³/mol. The first-order valence-corrected chi connectivity index (χ1v) is 9.74. The number of nitrogens with zero attached hydrogens (tertiary/aromatic N) is 3. The lowest BCUT2D eigenvalue weighted by Gasteiger charge is -2.35. The largest absolute Gasteiger partial charge is 0.498 e. The van der Waals surface area contributed by atoms with Crippen molar-refractivity contribution in [2.75, 3.05) is 31.1 Å². The normalized spacial score (nSPS) is 14.9. The molecule has 3 rings (SSSR count). The van der Waals surface area contributed by atoms with E-state index in [9.17, 15) is 40.7 Å². The highest BCUT2D eigenvalue weighted by Crippen LogP contribution is 2.27. The Labute approximate surface area is 180 Å². The molecule has 3 heterocycles. The number of anilines is 1. The van der Waals surface area contributed by atoms with Gasteiger partial charge in [0, 0.05) is 37.0 Å². The van der Waals surface area contributed by atoms with Gasteiger partial charge in [0.25, 0.3) is 11.7 Å². The van der Waals surface area contributed by atoms with Crippen molar-refractivity contribution in [2.24, 2.45) is 0 Å². The van der Waals surface area contributed by atoms with Crippen LogP contribution in [0.1, 0.15) is 19.3 Å². The summed E-state index contributed by atoms with van der Waals surface area (Å²) in [6.07, 6.45) is -7.89. The monoisotopic (exact) mass is 482 g/mol. The smallest absolute Gasteiger partial charge is 0.363 e. The van der Waals surface area contributed by atoms with E-state index in [1.54, 1.807) is 11.0 Å². The highest BCUT2D eigenvalue weighted by atomic mass is 32.1. The molecule has 0 atom stereocenters. The van der Waals surface area contributed by atoms with E-state index >= 15 is 0 Å². The Morgan fingerprint density at radius 1 is 0.906 bits per heavy atom. The number of amides is 1. The summed E-state index contributed by atoms with van der Waals surface area (Å²) in [6, 6.07) is 5.06. The van der Waals surface area contributed by atoms with E-state index in [0.717, 1.165) is 18.3 Å². The summed E-state index contributed by atoms with van der Waals surface area (Å²) >= 11 is 0.458. The van der Waals surface area contributed by atoms with E-state index < -0.39 is 34.9 Å². The quantitative estimate of drug-likeness (QED) is 0.380. The van der Waals surface area contributed by atoms with Crippen LogP contribution in [-0.4, -0.2) is 61.1 Å². The molecule has 1 fully saturated rings. The van der Waals surface area contributed by atoms with E-state index in [1.807, 2.05) is 0 Å². The van der Waals surface area contributed by atoms with E-state index in [2.05, 4.69) is 4.84 Å². The zero-order valence-electron chi connectivity index (χ0n) is 15.9. The summed E-state index contributed by atoms with van der Waals surface area (Å²) in [5.74, 6) is -4.93. The third-order valence-electron chi connectivity index (χ3n) is 4.41. The highest BCUT2D eigenvalue weighted by Gasteiger charge is 2.45. The number of thiophene rings is 1. The second-order valence-corrected chi connectivity index (χ2v) is 7.65. The standard InChI is InChI=1S/C18H14F6N3O4S/c19-17(20,21)14(28)12-3-4-13(32-12)15(29)26-8-6-25(7-9-26)11-2-1-5-27(10-11)31-16(30)18(22,23)24/h1-5,10H,6-9H2/q+1. The van der Waals surface area contributed by atoms with Gasteiger partial charge in [-0.3, -0.25) is 9.59 Å². The van der Waals surface area contributed by atoms with Crippen LogP contribution in [0.4, 0.5) is 32.0 Å². The number of carbonyl (C=O) groups excluding carboxylic acids is 3. The summed E-state index contributed by atoms with van der Waals surface area (Å²) < 4.78 is 75.2. The first-order chi connectivity index (χ1) is 14.9. The number of halogens is 6. The first kappa shape index (κ1) is 23.5. The molecular weight excluding hydrogens is 468 g/mol. The fourth-order valence-electron chi connectivity index (χ4n) is 2.87. The van der Waals surface area contributed by atoms with Crippen LogP contribution in [0, 0.1) is 0 Å². The van der Waals surface area contributed by atoms with Gasteiger partial charge in [-0.15, -0.1) is 11.3 Å². The molecule has 0 unspecified atom stereocenters. The van der Waals surface area contributed by atoms with Gasteiger partial charge in [0.1, 0.15) is 5.69 Å². The van der Waals surface area contributed by atoms with Crippen molar-refractivity contribution in [2.45, 2.75) is 12.4 Å². The van der Waals surface area contributed by atoms with Gasteiger partial charge >= 0.3 is 18.3 Å². The molecule has 0 bridgehead atoms. The number of Topliss-reactive ketones (excluding diaryl/α,β-unsaturated/α-hetero) is 1. The SMILES string of the molecule is O=C(c1ccc(C(=O)C(F)(F)F)s1)N1CCN(c2ccc[n+](OC(=O)C(F)(F)F)c2)CC1. The molecule has 1 aliphatic rings. The Morgan fingerprint density at radius 3 is 2.12 bits per heavy atom. The van der Waals surface area contributed by atoms with Crippen molar-refractivity contribution in [3.05, 3.63) is 46.4 Å². The number of piperazine rings is 1. The van der Waals surface area contributed by atoms with Gasteiger partial charge in [-0.1, -0.05) is 0 Å². The summed E-state index contributed by atoms with van der Waals surface area (Å²) in [6.45, 7) is 0.887. The minimum atomic E-state index is -5.15. The Bertz CT molecular complexity index is 1030. The predicted octanol–water partition coefficient (Wildman–Crippen LogP) is 2.26.